The van der Waals surface area contributed by atoms with E-state index in [-0.39, 0.29) is 18.4 Å². The fraction of sp³-hybridized carbons (Fsp3) is 0.467. The van der Waals surface area contributed by atoms with Crippen LogP contribution in [-0.4, -0.2) is 48.1 Å². The Bertz CT molecular complexity index is 532. The van der Waals surface area contributed by atoms with Crippen molar-refractivity contribution in [2.24, 2.45) is 0 Å². The van der Waals surface area contributed by atoms with Crippen LogP contribution in [0.25, 0.3) is 0 Å². The van der Waals surface area contributed by atoms with Gasteiger partial charge >= 0.3 is 5.97 Å². The first-order chi connectivity index (χ1) is 10.0. The zero-order valence-corrected chi connectivity index (χ0v) is 12.2. The molecule has 6 nitrogen and oxygen atoms in total. The van der Waals surface area contributed by atoms with Crippen molar-refractivity contribution in [2.45, 2.75) is 25.4 Å². The second kappa shape index (κ2) is 6.58. The molecule has 0 spiro atoms. The van der Waals surface area contributed by atoms with E-state index in [1.54, 1.807) is 7.11 Å². The molecule has 0 aromatic heterocycles. The molecule has 1 aliphatic rings. The molecule has 1 heterocycles. The van der Waals surface area contributed by atoms with Gasteiger partial charge in [-0.3, -0.25) is 14.5 Å². The van der Waals surface area contributed by atoms with E-state index in [9.17, 15) is 9.59 Å². The number of nitrogens with zero attached hydrogens (tertiary/aromatic N) is 1. The van der Waals surface area contributed by atoms with Crippen molar-refractivity contribution in [3.05, 3.63) is 29.8 Å². The van der Waals surface area contributed by atoms with E-state index in [1.807, 2.05) is 36.1 Å². The van der Waals surface area contributed by atoms with Crippen molar-refractivity contribution < 1.29 is 19.4 Å². The molecule has 2 rings (SSSR count). The molecule has 1 amide bonds. The number of piperazine rings is 1. The fourth-order valence-corrected chi connectivity index (χ4v) is 2.66. The number of amides is 1. The lowest BCUT2D eigenvalue weighted by Gasteiger charge is -2.38. The third-order valence-corrected chi connectivity index (χ3v) is 3.81. The number of benzene rings is 1. The molecule has 2 atom stereocenters. The van der Waals surface area contributed by atoms with Crippen molar-refractivity contribution in [2.75, 3.05) is 20.2 Å². The van der Waals surface area contributed by atoms with E-state index in [2.05, 4.69) is 5.32 Å². The van der Waals surface area contributed by atoms with E-state index < -0.39 is 12.0 Å². The standard InChI is InChI=1S/C15H20N2O4/c1-10(11-4-3-5-12(8-11)21-2)17-7-6-16-15(20)13(17)9-14(18)19/h3-5,8,10,13H,6-7,9H2,1-2H3,(H,16,20)(H,18,19). The summed E-state index contributed by atoms with van der Waals surface area (Å²) in [6.07, 6.45) is -0.194. The summed E-state index contributed by atoms with van der Waals surface area (Å²) >= 11 is 0. The number of ether oxygens (including phenoxy) is 1. The van der Waals surface area contributed by atoms with E-state index in [1.165, 1.54) is 0 Å². The topological polar surface area (TPSA) is 78.9 Å². The monoisotopic (exact) mass is 292 g/mol. The maximum absolute atomic E-state index is 12.0. The average molecular weight is 292 g/mol. The average Bonchev–Trinajstić information content (AvgIpc) is 2.48. The molecule has 1 saturated heterocycles. The van der Waals surface area contributed by atoms with E-state index in [0.29, 0.717) is 13.1 Å². The number of carbonyl (C=O) groups is 2. The third-order valence-electron chi connectivity index (χ3n) is 3.81. The summed E-state index contributed by atoms with van der Waals surface area (Å²) in [6.45, 7) is 3.13. The van der Waals surface area contributed by atoms with Crippen molar-refractivity contribution in [3.8, 4) is 5.75 Å². The fourth-order valence-electron chi connectivity index (χ4n) is 2.66. The predicted octanol–water partition coefficient (Wildman–Crippen LogP) is 1.03. The molecule has 2 N–H and O–H groups in total. The maximum atomic E-state index is 12.0. The summed E-state index contributed by atoms with van der Waals surface area (Å²) in [4.78, 5) is 24.9. The summed E-state index contributed by atoms with van der Waals surface area (Å²) in [7, 11) is 1.60. The van der Waals surface area contributed by atoms with Gasteiger partial charge in [-0.05, 0) is 24.6 Å². The van der Waals surface area contributed by atoms with Crippen molar-refractivity contribution in [1.29, 1.82) is 0 Å². The highest BCUT2D eigenvalue weighted by Gasteiger charge is 2.34. The van der Waals surface area contributed by atoms with Crippen LogP contribution in [0, 0.1) is 0 Å². The number of aliphatic carboxylic acids is 1. The first kappa shape index (κ1) is 15.3. The van der Waals surface area contributed by atoms with Gasteiger partial charge < -0.3 is 15.2 Å². The zero-order chi connectivity index (χ0) is 15.4. The summed E-state index contributed by atoms with van der Waals surface area (Å²) in [5, 5.41) is 11.7. The van der Waals surface area contributed by atoms with Crippen LogP contribution < -0.4 is 10.1 Å². The molecule has 21 heavy (non-hydrogen) atoms. The zero-order valence-electron chi connectivity index (χ0n) is 12.2. The quantitative estimate of drug-likeness (QED) is 0.847. The highest BCUT2D eigenvalue weighted by molar-refractivity contribution is 5.86. The maximum Gasteiger partial charge on any atom is 0.305 e. The summed E-state index contributed by atoms with van der Waals surface area (Å²) in [5.74, 6) is -0.450. The third kappa shape index (κ3) is 3.52. The number of methoxy groups -OCH3 is 1. The predicted molar refractivity (Wildman–Crippen MR) is 77.2 cm³/mol. The number of hydrogen-bond donors (Lipinski definition) is 2. The Hall–Kier alpha value is -2.08. The molecule has 0 saturated carbocycles. The number of nitrogens with one attached hydrogen (secondary N) is 1. The normalized spacial score (nSPS) is 20.7. The van der Waals surface area contributed by atoms with Crippen LogP contribution >= 0.6 is 0 Å². The second-order valence-corrected chi connectivity index (χ2v) is 5.10. The first-order valence-electron chi connectivity index (χ1n) is 6.92. The van der Waals surface area contributed by atoms with Gasteiger partial charge in [0.2, 0.25) is 5.91 Å². The number of carboxylic acids is 1. The lowest BCUT2D eigenvalue weighted by Crippen LogP contribution is -2.56. The summed E-state index contributed by atoms with van der Waals surface area (Å²) in [5.41, 5.74) is 0.999. The van der Waals surface area contributed by atoms with Crippen LogP contribution in [0.4, 0.5) is 0 Å². The van der Waals surface area contributed by atoms with Crippen LogP contribution in [0.1, 0.15) is 24.9 Å². The molecule has 0 aliphatic carbocycles. The largest absolute Gasteiger partial charge is 0.497 e. The smallest absolute Gasteiger partial charge is 0.305 e. The highest BCUT2D eigenvalue weighted by Crippen LogP contribution is 2.27. The Morgan fingerprint density at radius 3 is 3.00 bits per heavy atom. The molecule has 1 fully saturated rings. The number of hydrogen-bond acceptors (Lipinski definition) is 4. The van der Waals surface area contributed by atoms with E-state index in [0.717, 1.165) is 11.3 Å². The van der Waals surface area contributed by atoms with Crippen molar-refractivity contribution >= 4 is 11.9 Å². The summed E-state index contributed by atoms with van der Waals surface area (Å²) in [6, 6.07) is 6.91. The lowest BCUT2D eigenvalue weighted by molar-refractivity contribution is -0.143. The summed E-state index contributed by atoms with van der Waals surface area (Å²) < 4.78 is 5.21. The van der Waals surface area contributed by atoms with Crippen LogP contribution in [-0.2, 0) is 9.59 Å². The molecule has 6 heteroatoms. The SMILES string of the molecule is COc1cccc(C(C)N2CCNC(=O)C2CC(=O)O)c1. The molecule has 1 aromatic carbocycles. The van der Waals surface area contributed by atoms with Gasteiger partial charge in [0.1, 0.15) is 11.8 Å². The van der Waals surface area contributed by atoms with Gasteiger partial charge in [-0.15, -0.1) is 0 Å². The molecule has 0 bridgehead atoms. The first-order valence-corrected chi connectivity index (χ1v) is 6.92. The van der Waals surface area contributed by atoms with E-state index >= 15 is 0 Å². The molecular weight excluding hydrogens is 272 g/mol. The Morgan fingerprint density at radius 1 is 1.57 bits per heavy atom. The van der Waals surface area contributed by atoms with Gasteiger partial charge in [0.25, 0.3) is 0 Å². The van der Waals surface area contributed by atoms with Crippen LogP contribution in [0.5, 0.6) is 5.75 Å². The molecule has 2 unspecified atom stereocenters. The molecule has 1 aliphatic heterocycles. The van der Waals surface area contributed by atoms with Gasteiger partial charge in [-0.2, -0.15) is 0 Å². The van der Waals surface area contributed by atoms with Crippen LogP contribution in [0.2, 0.25) is 0 Å². The molecule has 114 valence electrons. The van der Waals surface area contributed by atoms with Crippen molar-refractivity contribution in [3.63, 3.8) is 0 Å². The Kier molecular flexibility index (Phi) is 4.80. The number of rotatable bonds is 5. The second-order valence-electron chi connectivity index (χ2n) is 5.10. The Balaban J connectivity index is 2.23. The minimum absolute atomic E-state index is 0.0597. The van der Waals surface area contributed by atoms with Crippen LogP contribution in [0.3, 0.4) is 0 Å². The van der Waals surface area contributed by atoms with Crippen molar-refractivity contribution in [1.82, 2.24) is 10.2 Å². The molecule has 1 aromatic rings. The van der Waals surface area contributed by atoms with Gasteiger partial charge in [0, 0.05) is 19.1 Å². The number of carboxylic acid groups (broad SMARTS) is 1. The van der Waals surface area contributed by atoms with E-state index in [4.69, 9.17) is 9.84 Å². The minimum atomic E-state index is -0.972. The van der Waals surface area contributed by atoms with Crippen LogP contribution in [0.15, 0.2) is 24.3 Å². The van der Waals surface area contributed by atoms with Gasteiger partial charge in [0.15, 0.2) is 0 Å². The molecular formula is C15H20N2O4. The Labute approximate surface area is 123 Å². The van der Waals surface area contributed by atoms with Gasteiger partial charge in [-0.25, -0.2) is 0 Å². The minimum Gasteiger partial charge on any atom is -0.497 e. The lowest BCUT2D eigenvalue weighted by atomic mass is 10.0. The highest BCUT2D eigenvalue weighted by atomic mass is 16.5. The van der Waals surface area contributed by atoms with Gasteiger partial charge in [0.05, 0.1) is 13.5 Å². The van der Waals surface area contributed by atoms with Gasteiger partial charge in [-0.1, -0.05) is 12.1 Å². The Morgan fingerprint density at radius 2 is 2.33 bits per heavy atom. The number of carbonyl (C=O) groups excluding carboxylic acids is 1. The molecule has 0 radical (unpaired) electrons.